The first-order chi connectivity index (χ1) is 9.04. The van der Waals surface area contributed by atoms with Crippen molar-refractivity contribution in [3.05, 3.63) is 23.0 Å². The lowest BCUT2D eigenvalue weighted by Crippen LogP contribution is -2.57. The topological polar surface area (TPSA) is 75.2 Å². The van der Waals surface area contributed by atoms with Gasteiger partial charge in [-0.15, -0.1) is 0 Å². The van der Waals surface area contributed by atoms with E-state index >= 15 is 0 Å². The molecule has 1 saturated heterocycles. The zero-order valence-corrected chi connectivity index (χ0v) is 11.4. The summed E-state index contributed by atoms with van der Waals surface area (Å²) in [4.78, 5) is 26.0. The predicted octanol–water partition coefficient (Wildman–Crippen LogP) is 0.444. The summed E-state index contributed by atoms with van der Waals surface area (Å²) in [5.74, 6) is -0.226. The number of carbonyl (C=O) groups excluding carboxylic acids is 2. The third-order valence-electron chi connectivity index (χ3n) is 3.31. The highest BCUT2D eigenvalue weighted by molar-refractivity contribution is 5.98. The standard InChI is InChI=1S/C13H18N4O2/c1-4-11-12(18)14-5-6-17(11)13(19)10-7-8(2)15-16-9(10)3/h7,11H,4-6H2,1-3H3,(H,14,18). The van der Waals surface area contributed by atoms with Crippen LogP contribution in [0.15, 0.2) is 6.07 Å². The molecule has 2 amide bonds. The van der Waals surface area contributed by atoms with Crippen molar-refractivity contribution in [3.63, 3.8) is 0 Å². The maximum absolute atomic E-state index is 12.6. The molecule has 0 spiro atoms. The summed E-state index contributed by atoms with van der Waals surface area (Å²) in [6.07, 6.45) is 0.605. The molecule has 1 fully saturated rings. The van der Waals surface area contributed by atoms with Gasteiger partial charge in [0.25, 0.3) is 5.91 Å². The molecule has 0 aliphatic carbocycles. The van der Waals surface area contributed by atoms with Gasteiger partial charge in [-0.1, -0.05) is 6.92 Å². The molecule has 19 heavy (non-hydrogen) atoms. The second-order valence-corrected chi connectivity index (χ2v) is 4.70. The first-order valence-electron chi connectivity index (χ1n) is 6.44. The maximum Gasteiger partial charge on any atom is 0.256 e. The monoisotopic (exact) mass is 262 g/mol. The molecule has 6 heteroatoms. The fourth-order valence-corrected chi connectivity index (χ4v) is 2.28. The van der Waals surface area contributed by atoms with Crippen molar-refractivity contribution in [2.24, 2.45) is 0 Å². The van der Waals surface area contributed by atoms with Crippen LogP contribution in [0.5, 0.6) is 0 Å². The number of aromatic nitrogens is 2. The van der Waals surface area contributed by atoms with Gasteiger partial charge in [-0.25, -0.2) is 0 Å². The molecule has 1 atom stereocenters. The van der Waals surface area contributed by atoms with Crippen molar-refractivity contribution in [1.29, 1.82) is 0 Å². The van der Waals surface area contributed by atoms with Gasteiger partial charge in [0.2, 0.25) is 5.91 Å². The number of piperazine rings is 1. The van der Waals surface area contributed by atoms with Crippen LogP contribution >= 0.6 is 0 Å². The third kappa shape index (κ3) is 2.57. The Morgan fingerprint density at radius 2 is 2.21 bits per heavy atom. The lowest BCUT2D eigenvalue weighted by atomic mass is 10.1. The average Bonchev–Trinajstić information content (AvgIpc) is 2.40. The summed E-state index contributed by atoms with van der Waals surface area (Å²) in [6, 6.07) is 1.33. The van der Waals surface area contributed by atoms with E-state index in [2.05, 4.69) is 15.5 Å². The highest BCUT2D eigenvalue weighted by atomic mass is 16.2. The summed E-state index contributed by atoms with van der Waals surface area (Å²) in [6.45, 7) is 6.48. The van der Waals surface area contributed by atoms with Crippen molar-refractivity contribution in [2.45, 2.75) is 33.2 Å². The minimum atomic E-state index is -0.394. The zero-order chi connectivity index (χ0) is 14.0. The Hall–Kier alpha value is -1.98. The quantitative estimate of drug-likeness (QED) is 0.839. The number of hydrogen-bond acceptors (Lipinski definition) is 4. The molecule has 1 aliphatic heterocycles. The van der Waals surface area contributed by atoms with E-state index in [4.69, 9.17) is 0 Å². The number of rotatable bonds is 2. The SMILES string of the molecule is CCC1C(=O)NCCN1C(=O)c1cc(C)nnc1C. The largest absolute Gasteiger partial charge is 0.353 e. The van der Waals surface area contributed by atoms with Crippen molar-refractivity contribution in [2.75, 3.05) is 13.1 Å². The fourth-order valence-electron chi connectivity index (χ4n) is 2.28. The molecule has 102 valence electrons. The summed E-state index contributed by atoms with van der Waals surface area (Å²) in [5.41, 5.74) is 1.82. The van der Waals surface area contributed by atoms with Gasteiger partial charge in [-0.3, -0.25) is 9.59 Å². The Morgan fingerprint density at radius 3 is 2.89 bits per heavy atom. The second-order valence-electron chi connectivity index (χ2n) is 4.70. The lowest BCUT2D eigenvalue weighted by Gasteiger charge is -2.34. The van der Waals surface area contributed by atoms with E-state index in [9.17, 15) is 9.59 Å². The van der Waals surface area contributed by atoms with Crippen molar-refractivity contribution in [3.8, 4) is 0 Å². The first kappa shape index (κ1) is 13.5. The van der Waals surface area contributed by atoms with Gasteiger partial charge in [-0.05, 0) is 26.3 Å². The molecule has 2 rings (SSSR count). The third-order valence-corrected chi connectivity index (χ3v) is 3.31. The molecular formula is C13H18N4O2. The van der Waals surface area contributed by atoms with E-state index in [-0.39, 0.29) is 11.8 Å². The molecular weight excluding hydrogens is 244 g/mol. The van der Waals surface area contributed by atoms with E-state index in [0.717, 1.165) is 0 Å². The summed E-state index contributed by atoms with van der Waals surface area (Å²) < 4.78 is 0. The molecule has 0 saturated carbocycles. The second kappa shape index (κ2) is 5.34. The van der Waals surface area contributed by atoms with E-state index in [1.807, 2.05) is 6.92 Å². The lowest BCUT2D eigenvalue weighted by molar-refractivity contribution is -0.127. The van der Waals surface area contributed by atoms with Crippen LogP contribution in [0.2, 0.25) is 0 Å². The van der Waals surface area contributed by atoms with Crippen molar-refractivity contribution in [1.82, 2.24) is 20.4 Å². The minimum absolute atomic E-state index is 0.0847. The molecule has 1 N–H and O–H groups in total. The number of carbonyl (C=O) groups is 2. The Balaban J connectivity index is 2.32. The predicted molar refractivity (Wildman–Crippen MR) is 69.6 cm³/mol. The van der Waals surface area contributed by atoms with Crippen molar-refractivity contribution >= 4 is 11.8 Å². The molecule has 0 radical (unpaired) electrons. The number of nitrogens with zero attached hydrogens (tertiary/aromatic N) is 3. The van der Waals surface area contributed by atoms with Gasteiger partial charge in [0.1, 0.15) is 6.04 Å². The fraction of sp³-hybridized carbons (Fsp3) is 0.538. The van der Waals surface area contributed by atoms with Gasteiger partial charge >= 0.3 is 0 Å². The van der Waals surface area contributed by atoms with Gasteiger partial charge in [0.15, 0.2) is 0 Å². The molecule has 6 nitrogen and oxygen atoms in total. The van der Waals surface area contributed by atoms with Crippen LogP contribution in [0.3, 0.4) is 0 Å². The normalized spacial score (nSPS) is 19.2. The average molecular weight is 262 g/mol. The number of nitrogens with one attached hydrogen (secondary N) is 1. The van der Waals surface area contributed by atoms with Crippen LogP contribution in [0.25, 0.3) is 0 Å². The highest BCUT2D eigenvalue weighted by Crippen LogP contribution is 2.15. The molecule has 1 aliphatic rings. The molecule has 1 aromatic rings. The number of amides is 2. The van der Waals surface area contributed by atoms with Crippen LogP contribution in [0.4, 0.5) is 0 Å². The highest BCUT2D eigenvalue weighted by Gasteiger charge is 2.32. The maximum atomic E-state index is 12.6. The van der Waals surface area contributed by atoms with E-state index in [0.29, 0.717) is 36.5 Å². The first-order valence-corrected chi connectivity index (χ1v) is 6.44. The Kier molecular flexibility index (Phi) is 3.78. The summed E-state index contributed by atoms with van der Waals surface area (Å²) in [5, 5.41) is 10.7. The van der Waals surface area contributed by atoms with Crippen LogP contribution in [0.1, 0.15) is 35.1 Å². The molecule has 0 bridgehead atoms. The molecule has 1 aromatic heterocycles. The minimum Gasteiger partial charge on any atom is -0.353 e. The Morgan fingerprint density at radius 1 is 1.47 bits per heavy atom. The summed E-state index contributed by atoms with van der Waals surface area (Å²) >= 11 is 0. The van der Waals surface area contributed by atoms with Gasteiger partial charge in [0.05, 0.1) is 17.0 Å². The Bertz CT molecular complexity index is 515. The van der Waals surface area contributed by atoms with Crippen LogP contribution in [0, 0.1) is 13.8 Å². The van der Waals surface area contributed by atoms with Crippen LogP contribution in [-0.2, 0) is 4.79 Å². The Labute approximate surface area is 112 Å². The zero-order valence-electron chi connectivity index (χ0n) is 11.4. The smallest absolute Gasteiger partial charge is 0.256 e. The number of aryl methyl sites for hydroxylation is 2. The molecule has 1 unspecified atom stereocenters. The van der Waals surface area contributed by atoms with E-state index in [1.165, 1.54) is 0 Å². The van der Waals surface area contributed by atoms with E-state index in [1.54, 1.807) is 24.8 Å². The van der Waals surface area contributed by atoms with Gasteiger partial charge in [0, 0.05) is 13.1 Å². The van der Waals surface area contributed by atoms with Crippen LogP contribution in [-0.4, -0.2) is 46.0 Å². The summed E-state index contributed by atoms with van der Waals surface area (Å²) in [7, 11) is 0. The van der Waals surface area contributed by atoms with Gasteiger partial charge < -0.3 is 10.2 Å². The molecule has 2 heterocycles. The van der Waals surface area contributed by atoms with E-state index < -0.39 is 6.04 Å². The van der Waals surface area contributed by atoms with Crippen LogP contribution < -0.4 is 5.32 Å². The number of hydrogen-bond donors (Lipinski definition) is 1. The van der Waals surface area contributed by atoms with Crippen molar-refractivity contribution < 1.29 is 9.59 Å². The molecule has 0 aromatic carbocycles. The van der Waals surface area contributed by atoms with Gasteiger partial charge in [-0.2, -0.15) is 10.2 Å².